The second kappa shape index (κ2) is 9.26. The van der Waals surface area contributed by atoms with Gasteiger partial charge in [-0.05, 0) is 25.1 Å². The fourth-order valence-corrected chi connectivity index (χ4v) is 4.07. The largest absolute Gasteiger partial charge is 0.493 e. The Hall–Kier alpha value is -3.26. The molecule has 7 nitrogen and oxygen atoms in total. The number of hydrogen-bond donors (Lipinski definition) is 2. The second-order valence-electron chi connectivity index (χ2n) is 7.70. The number of halogens is 1. The van der Waals surface area contributed by atoms with Gasteiger partial charge in [-0.2, -0.15) is 0 Å². The Kier molecular flexibility index (Phi) is 6.27. The second-order valence-corrected chi connectivity index (χ2v) is 7.70. The minimum absolute atomic E-state index is 0.00121. The fraction of sp³-hybridized carbons (Fsp3) is 0.348. The van der Waals surface area contributed by atoms with Crippen LogP contribution < -0.4 is 4.90 Å². The molecule has 0 aliphatic carbocycles. The number of aromatic nitrogens is 1. The predicted molar refractivity (Wildman–Crippen MR) is 114 cm³/mol. The highest BCUT2D eigenvalue weighted by atomic mass is 19.1. The Bertz CT molecular complexity index is 1100. The van der Waals surface area contributed by atoms with E-state index in [1.54, 1.807) is 12.1 Å². The van der Waals surface area contributed by atoms with E-state index < -0.39 is 5.82 Å². The van der Waals surface area contributed by atoms with Crippen molar-refractivity contribution in [1.82, 2.24) is 4.57 Å². The van der Waals surface area contributed by atoms with Crippen molar-refractivity contribution in [2.75, 3.05) is 19.7 Å². The number of nitrogens with one attached hydrogen (secondary N) is 1. The number of nitrogens with zero attached hydrogens (tertiary/aromatic N) is 3. The van der Waals surface area contributed by atoms with E-state index >= 15 is 0 Å². The topological polar surface area (TPSA) is 80.6 Å². The molecule has 0 spiro atoms. The third-order valence-corrected chi connectivity index (χ3v) is 5.72. The molecule has 0 atom stereocenters. The molecular weight excluding hydrogens is 399 g/mol. The van der Waals surface area contributed by atoms with Crippen LogP contribution in [0.4, 0.5) is 15.8 Å². The molecule has 3 aromatic rings. The quantitative estimate of drug-likeness (QED) is 0.467. The van der Waals surface area contributed by atoms with E-state index in [1.807, 2.05) is 35.8 Å². The normalized spacial score (nSPS) is 19.2. The Morgan fingerprint density at radius 2 is 1.87 bits per heavy atom. The van der Waals surface area contributed by atoms with Crippen LogP contribution in [0.2, 0.25) is 0 Å². The summed E-state index contributed by atoms with van der Waals surface area (Å²) >= 11 is 0. The lowest BCUT2D eigenvalue weighted by molar-refractivity contribution is -0.928. The van der Waals surface area contributed by atoms with Crippen LogP contribution in [0.5, 0.6) is 5.88 Å². The van der Waals surface area contributed by atoms with Crippen molar-refractivity contribution in [2.45, 2.75) is 26.4 Å². The number of carbonyl (C=O) groups is 1. The Labute approximate surface area is 179 Å². The summed E-state index contributed by atoms with van der Waals surface area (Å²) < 4.78 is 20.9. The Morgan fingerprint density at radius 1 is 1.16 bits per heavy atom. The van der Waals surface area contributed by atoms with Gasteiger partial charge in [0.15, 0.2) is 18.2 Å². The van der Waals surface area contributed by atoms with Gasteiger partial charge in [-0.25, -0.2) is 4.39 Å². The average Bonchev–Trinajstić information content (AvgIpc) is 3.05. The number of hydrogen-bond acceptors (Lipinski definition) is 5. The van der Waals surface area contributed by atoms with Crippen LogP contribution in [-0.4, -0.2) is 35.3 Å². The molecule has 31 heavy (non-hydrogen) atoms. The lowest BCUT2D eigenvalue weighted by Crippen LogP contribution is -3.12. The lowest BCUT2D eigenvalue weighted by atomic mass is 9.97. The SMILES string of the molecule is CCOC(=O)C1CC[NH+](Cn2c(O)c(N=Nc3ccccc3F)c3ccccc32)CC1. The summed E-state index contributed by atoms with van der Waals surface area (Å²) in [6.07, 6.45) is 1.52. The zero-order valence-corrected chi connectivity index (χ0v) is 17.4. The number of para-hydroxylation sites is 1. The molecule has 0 unspecified atom stereocenters. The summed E-state index contributed by atoms with van der Waals surface area (Å²) in [5.41, 5.74) is 1.27. The predicted octanol–water partition coefficient (Wildman–Crippen LogP) is 3.72. The highest BCUT2D eigenvalue weighted by molar-refractivity contribution is 5.94. The van der Waals surface area contributed by atoms with Gasteiger partial charge in [0.25, 0.3) is 0 Å². The van der Waals surface area contributed by atoms with E-state index in [0.717, 1.165) is 36.8 Å². The average molecular weight is 425 g/mol. The third kappa shape index (κ3) is 4.44. The van der Waals surface area contributed by atoms with Crippen LogP contribution in [0.3, 0.4) is 0 Å². The molecule has 0 saturated carbocycles. The highest BCUT2D eigenvalue weighted by Gasteiger charge is 2.29. The molecule has 1 aliphatic heterocycles. The number of rotatable bonds is 6. The number of esters is 1. The first-order chi connectivity index (χ1) is 15.1. The molecule has 162 valence electrons. The first-order valence-electron chi connectivity index (χ1n) is 10.5. The van der Waals surface area contributed by atoms with Crippen molar-refractivity contribution < 1.29 is 23.9 Å². The van der Waals surface area contributed by atoms with Gasteiger partial charge in [0.2, 0.25) is 5.88 Å². The van der Waals surface area contributed by atoms with E-state index in [2.05, 4.69) is 10.2 Å². The van der Waals surface area contributed by atoms with Gasteiger partial charge >= 0.3 is 5.97 Å². The van der Waals surface area contributed by atoms with Crippen LogP contribution in [-0.2, 0) is 16.2 Å². The molecule has 0 bridgehead atoms. The van der Waals surface area contributed by atoms with Crippen LogP contribution >= 0.6 is 0 Å². The molecule has 2 aromatic carbocycles. The van der Waals surface area contributed by atoms with Crippen molar-refractivity contribution in [3.63, 3.8) is 0 Å². The number of ether oxygens (including phenoxy) is 1. The fourth-order valence-electron chi connectivity index (χ4n) is 4.07. The molecule has 2 N–H and O–H groups in total. The number of benzene rings is 2. The number of aromatic hydroxyl groups is 1. The summed E-state index contributed by atoms with van der Waals surface area (Å²) in [7, 11) is 0. The van der Waals surface area contributed by atoms with Gasteiger partial charge in [0, 0.05) is 18.2 Å². The van der Waals surface area contributed by atoms with Crippen molar-refractivity contribution >= 4 is 28.2 Å². The van der Waals surface area contributed by atoms with E-state index in [9.17, 15) is 14.3 Å². The summed E-state index contributed by atoms with van der Waals surface area (Å²) in [5, 5.41) is 19.9. The van der Waals surface area contributed by atoms with E-state index in [0.29, 0.717) is 19.0 Å². The van der Waals surface area contributed by atoms with Gasteiger partial charge < -0.3 is 14.7 Å². The number of carbonyl (C=O) groups excluding carboxylic acids is 1. The van der Waals surface area contributed by atoms with Crippen LogP contribution in [0, 0.1) is 11.7 Å². The smallest absolute Gasteiger partial charge is 0.309 e. The summed E-state index contributed by atoms with van der Waals surface area (Å²) in [6.45, 7) is 4.37. The van der Waals surface area contributed by atoms with Crippen molar-refractivity contribution in [2.24, 2.45) is 16.1 Å². The van der Waals surface area contributed by atoms with E-state index in [-0.39, 0.29) is 23.5 Å². The van der Waals surface area contributed by atoms with E-state index in [1.165, 1.54) is 17.0 Å². The summed E-state index contributed by atoms with van der Waals surface area (Å²) in [4.78, 5) is 13.2. The van der Waals surface area contributed by atoms with E-state index in [4.69, 9.17) is 4.74 Å². The molecule has 1 fully saturated rings. The van der Waals surface area contributed by atoms with Gasteiger partial charge in [0.05, 0.1) is 31.1 Å². The third-order valence-electron chi connectivity index (χ3n) is 5.72. The van der Waals surface area contributed by atoms with Gasteiger partial charge in [0.1, 0.15) is 5.69 Å². The van der Waals surface area contributed by atoms with Gasteiger partial charge in [-0.3, -0.25) is 9.36 Å². The number of quaternary nitrogens is 1. The zero-order chi connectivity index (χ0) is 21.8. The number of azo groups is 1. The molecule has 4 rings (SSSR count). The maximum atomic E-state index is 13.9. The minimum Gasteiger partial charge on any atom is -0.493 e. The van der Waals surface area contributed by atoms with Gasteiger partial charge in [-0.15, -0.1) is 10.2 Å². The lowest BCUT2D eigenvalue weighted by Gasteiger charge is -2.28. The van der Waals surface area contributed by atoms with Gasteiger partial charge in [-0.1, -0.05) is 30.3 Å². The number of piperidine rings is 1. The summed E-state index contributed by atoms with van der Waals surface area (Å²) in [5.74, 6) is -0.639. The van der Waals surface area contributed by atoms with Crippen LogP contribution in [0.15, 0.2) is 58.8 Å². The first kappa shape index (κ1) is 21.0. The van der Waals surface area contributed by atoms with Crippen molar-refractivity contribution in [1.29, 1.82) is 0 Å². The summed E-state index contributed by atoms with van der Waals surface area (Å²) in [6, 6.07) is 13.7. The monoisotopic (exact) mass is 425 g/mol. The van der Waals surface area contributed by atoms with Crippen LogP contribution in [0.25, 0.3) is 10.9 Å². The molecular formula is C23H26FN4O3+. The molecule has 2 heterocycles. The molecule has 1 aromatic heterocycles. The molecule has 1 saturated heterocycles. The molecule has 1 aliphatic rings. The minimum atomic E-state index is -0.469. The number of likely N-dealkylation sites (tertiary alicyclic amines) is 1. The zero-order valence-electron chi connectivity index (χ0n) is 17.4. The first-order valence-corrected chi connectivity index (χ1v) is 10.5. The van der Waals surface area contributed by atoms with Crippen molar-refractivity contribution in [3.05, 3.63) is 54.3 Å². The molecule has 8 heteroatoms. The molecule has 0 amide bonds. The number of fused-ring (bicyclic) bond motifs is 1. The van der Waals surface area contributed by atoms with Crippen LogP contribution in [0.1, 0.15) is 19.8 Å². The maximum Gasteiger partial charge on any atom is 0.309 e. The van der Waals surface area contributed by atoms with Crippen molar-refractivity contribution in [3.8, 4) is 5.88 Å². The Morgan fingerprint density at radius 3 is 2.61 bits per heavy atom. The highest BCUT2D eigenvalue weighted by Crippen LogP contribution is 2.39. The Balaban J connectivity index is 1.56. The maximum absolute atomic E-state index is 13.9. The molecule has 0 radical (unpaired) electrons. The standard InChI is InChI=1S/C23H25FN4O3/c1-2-31-23(30)16-11-13-27(14-12-16)15-28-20-10-6-3-7-17(20)21(22(28)29)26-25-19-9-5-4-8-18(19)24/h3-10,16,29H,2,11-15H2,1H3/p+1.